The summed E-state index contributed by atoms with van der Waals surface area (Å²) in [4.78, 5) is 19.9. The molecule has 2 heterocycles. The number of hydrazone groups is 1. The maximum atomic E-state index is 12.2. The van der Waals surface area contributed by atoms with E-state index in [0.717, 1.165) is 10.4 Å². The third-order valence-corrected chi connectivity index (χ3v) is 4.56. The largest absolute Gasteiger partial charge is 0.352 e. The lowest BCUT2D eigenvalue weighted by Crippen LogP contribution is -2.17. The summed E-state index contributed by atoms with van der Waals surface area (Å²) in [6.45, 7) is 0.395. The summed E-state index contributed by atoms with van der Waals surface area (Å²) < 4.78 is 0. The van der Waals surface area contributed by atoms with E-state index in [4.69, 9.17) is 11.4 Å². The first kappa shape index (κ1) is 18.0. The number of aromatic amines is 1. The number of benzene rings is 1. The average molecular weight is 378 g/mol. The SMILES string of the molecule is N#Cc1c(-c2cccs2)nc(NCc2ccc(/C(N=N)=N/N)cc2)[nH]c1=O. The van der Waals surface area contributed by atoms with Gasteiger partial charge in [-0.05, 0) is 17.0 Å². The topological polar surface area (TPSA) is 156 Å². The van der Waals surface area contributed by atoms with Crippen molar-refractivity contribution in [2.45, 2.75) is 6.54 Å². The van der Waals surface area contributed by atoms with Gasteiger partial charge in [0, 0.05) is 12.1 Å². The second-order valence-corrected chi connectivity index (χ2v) is 6.29. The molecule has 1 aromatic carbocycles. The summed E-state index contributed by atoms with van der Waals surface area (Å²) in [5, 5.41) is 20.8. The Morgan fingerprint density at radius 3 is 2.74 bits per heavy atom. The predicted molar refractivity (Wildman–Crippen MR) is 103 cm³/mol. The van der Waals surface area contributed by atoms with Crippen LogP contribution in [0, 0.1) is 16.9 Å². The highest BCUT2D eigenvalue weighted by atomic mass is 32.1. The number of hydrogen-bond donors (Lipinski definition) is 4. The molecule has 3 rings (SSSR count). The van der Waals surface area contributed by atoms with Crippen molar-refractivity contribution < 1.29 is 0 Å². The smallest absolute Gasteiger partial charge is 0.270 e. The van der Waals surface area contributed by atoms with E-state index in [9.17, 15) is 10.1 Å². The molecule has 0 saturated carbocycles. The van der Waals surface area contributed by atoms with Gasteiger partial charge < -0.3 is 11.2 Å². The first-order valence-electron chi connectivity index (χ1n) is 7.73. The maximum Gasteiger partial charge on any atom is 0.270 e. The zero-order valence-corrected chi connectivity index (χ0v) is 14.7. The van der Waals surface area contributed by atoms with E-state index in [1.165, 1.54) is 11.3 Å². The molecular formula is C17H14N8OS. The lowest BCUT2D eigenvalue weighted by molar-refractivity contribution is 1.03. The highest BCUT2D eigenvalue weighted by Gasteiger charge is 2.14. The van der Waals surface area contributed by atoms with Crippen LogP contribution in [-0.4, -0.2) is 15.8 Å². The van der Waals surface area contributed by atoms with E-state index in [1.54, 1.807) is 12.1 Å². The van der Waals surface area contributed by atoms with Crippen LogP contribution < -0.4 is 16.7 Å². The summed E-state index contributed by atoms with van der Waals surface area (Å²) >= 11 is 1.41. The molecule has 0 amide bonds. The molecule has 10 heteroatoms. The van der Waals surface area contributed by atoms with Gasteiger partial charge in [0.1, 0.15) is 17.3 Å². The minimum Gasteiger partial charge on any atom is -0.352 e. The normalized spacial score (nSPS) is 11.0. The third-order valence-electron chi connectivity index (χ3n) is 3.69. The van der Waals surface area contributed by atoms with Crippen molar-refractivity contribution in [3.8, 4) is 16.6 Å². The number of nitriles is 1. The minimum absolute atomic E-state index is 0.0138. The molecule has 0 spiro atoms. The van der Waals surface area contributed by atoms with Crippen molar-refractivity contribution in [1.82, 2.24) is 9.97 Å². The van der Waals surface area contributed by atoms with Gasteiger partial charge in [0.05, 0.1) is 4.88 Å². The summed E-state index contributed by atoms with van der Waals surface area (Å²) in [5.74, 6) is 5.59. The number of amidine groups is 1. The molecule has 27 heavy (non-hydrogen) atoms. The van der Waals surface area contributed by atoms with Gasteiger partial charge in [-0.25, -0.2) is 10.5 Å². The quantitative estimate of drug-likeness (QED) is 0.176. The van der Waals surface area contributed by atoms with E-state index in [2.05, 4.69) is 25.5 Å². The second kappa shape index (κ2) is 8.03. The number of H-pyrrole nitrogens is 1. The third kappa shape index (κ3) is 3.88. The van der Waals surface area contributed by atoms with E-state index in [0.29, 0.717) is 17.8 Å². The van der Waals surface area contributed by atoms with Crippen LogP contribution >= 0.6 is 11.3 Å². The molecule has 0 atom stereocenters. The molecular weight excluding hydrogens is 364 g/mol. The average Bonchev–Trinajstić information content (AvgIpc) is 3.22. The fourth-order valence-electron chi connectivity index (χ4n) is 2.38. The van der Waals surface area contributed by atoms with Gasteiger partial charge >= 0.3 is 0 Å². The van der Waals surface area contributed by atoms with Crippen molar-refractivity contribution in [2.75, 3.05) is 5.32 Å². The first-order chi connectivity index (χ1) is 13.2. The standard InChI is InChI=1S/C17H14N8OS/c18-8-12-14(13-2-1-7-27-13)22-17(23-16(12)26)21-9-10-3-5-11(6-4-10)15(24-19)25-20/h1-7,19H,9,20H2,(H2,21,22,23,26)/b24-19?,25-15-. The Morgan fingerprint density at radius 2 is 2.15 bits per heavy atom. The molecule has 0 aliphatic heterocycles. The molecule has 0 fully saturated rings. The monoisotopic (exact) mass is 378 g/mol. The Morgan fingerprint density at radius 1 is 1.37 bits per heavy atom. The molecule has 5 N–H and O–H groups in total. The summed E-state index contributed by atoms with van der Waals surface area (Å²) in [5.41, 5.74) is 8.40. The molecule has 2 aromatic heterocycles. The fraction of sp³-hybridized carbons (Fsp3) is 0.0588. The fourth-order valence-corrected chi connectivity index (χ4v) is 3.10. The Labute approximate surface area is 157 Å². The first-order valence-corrected chi connectivity index (χ1v) is 8.61. The van der Waals surface area contributed by atoms with Gasteiger partial charge in [-0.15, -0.1) is 16.5 Å². The number of nitrogens with zero attached hydrogens (tertiary/aromatic N) is 4. The molecule has 0 radical (unpaired) electrons. The predicted octanol–water partition coefficient (Wildman–Crippen LogP) is 2.63. The van der Waals surface area contributed by atoms with Crippen LogP contribution in [0.15, 0.2) is 56.8 Å². The summed E-state index contributed by atoms with van der Waals surface area (Å²) in [7, 11) is 0. The van der Waals surface area contributed by atoms with E-state index >= 15 is 0 Å². The van der Waals surface area contributed by atoms with Gasteiger partial charge in [-0.3, -0.25) is 9.78 Å². The van der Waals surface area contributed by atoms with E-state index in [-0.39, 0.29) is 17.3 Å². The van der Waals surface area contributed by atoms with Crippen LogP contribution in [0.5, 0.6) is 0 Å². The summed E-state index contributed by atoms with van der Waals surface area (Å²) in [6.07, 6.45) is 0. The second-order valence-electron chi connectivity index (χ2n) is 5.34. The lowest BCUT2D eigenvalue weighted by atomic mass is 10.1. The van der Waals surface area contributed by atoms with Crippen LogP contribution in [0.2, 0.25) is 0 Å². The molecule has 0 aliphatic carbocycles. The summed E-state index contributed by atoms with van der Waals surface area (Å²) in [6, 6.07) is 12.7. The minimum atomic E-state index is -0.491. The number of nitrogens with two attached hydrogens (primary N) is 1. The number of rotatable bonds is 5. The van der Waals surface area contributed by atoms with Crippen LogP contribution in [0.1, 0.15) is 16.7 Å². The van der Waals surface area contributed by atoms with Crippen molar-refractivity contribution in [3.05, 3.63) is 68.8 Å². The Bertz CT molecular complexity index is 1080. The molecule has 9 nitrogen and oxygen atoms in total. The van der Waals surface area contributed by atoms with Crippen LogP contribution in [-0.2, 0) is 6.54 Å². The number of anilines is 1. The van der Waals surface area contributed by atoms with Gasteiger partial charge in [-0.1, -0.05) is 30.3 Å². The van der Waals surface area contributed by atoms with Gasteiger partial charge in [-0.2, -0.15) is 10.4 Å². The Kier molecular flexibility index (Phi) is 5.34. The van der Waals surface area contributed by atoms with Crippen LogP contribution in [0.25, 0.3) is 10.6 Å². The molecule has 0 unspecified atom stereocenters. The van der Waals surface area contributed by atoms with Gasteiger partial charge in [0.15, 0.2) is 5.84 Å². The van der Waals surface area contributed by atoms with Crippen LogP contribution in [0.4, 0.5) is 5.95 Å². The van der Waals surface area contributed by atoms with Crippen molar-refractivity contribution in [3.63, 3.8) is 0 Å². The maximum absolute atomic E-state index is 12.2. The zero-order chi connectivity index (χ0) is 19.2. The molecule has 3 aromatic rings. The molecule has 0 bridgehead atoms. The molecule has 0 saturated heterocycles. The highest BCUT2D eigenvalue weighted by molar-refractivity contribution is 7.13. The number of nitrogens with one attached hydrogen (secondary N) is 3. The lowest BCUT2D eigenvalue weighted by Gasteiger charge is -2.08. The molecule has 0 aliphatic rings. The van der Waals surface area contributed by atoms with E-state index < -0.39 is 5.56 Å². The zero-order valence-electron chi connectivity index (χ0n) is 13.9. The van der Waals surface area contributed by atoms with E-state index in [1.807, 2.05) is 35.7 Å². The number of hydrogen-bond acceptors (Lipinski definition) is 8. The van der Waals surface area contributed by atoms with Crippen molar-refractivity contribution >= 4 is 23.1 Å². The number of aromatic nitrogens is 2. The Balaban J connectivity index is 1.82. The molecule has 134 valence electrons. The van der Waals surface area contributed by atoms with Gasteiger partial charge in [0.25, 0.3) is 5.56 Å². The van der Waals surface area contributed by atoms with Crippen molar-refractivity contribution in [2.24, 2.45) is 16.1 Å². The van der Waals surface area contributed by atoms with Crippen LogP contribution in [0.3, 0.4) is 0 Å². The highest BCUT2D eigenvalue weighted by Crippen LogP contribution is 2.25. The number of thiophene rings is 1. The van der Waals surface area contributed by atoms with Crippen molar-refractivity contribution in [1.29, 1.82) is 10.8 Å². The van der Waals surface area contributed by atoms with Gasteiger partial charge in [0.2, 0.25) is 5.95 Å². The Hall–Kier alpha value is -3.84.